The van der Waals surface area contributed by atoms with E-state index in [1.807, 2.05) is 29.2 Å². The Morgan fingerprint density at radius 2 is 2.11 bits per heavy atom. The molecule has 19 heavy (non-hydrogen) atoms. The van der Waals surface area contributed by atoms with Gasteiger partial charge < -0.3 is 9.88 Å². The standard InChI is InChI=1S/C14H17Cl2N3/c1-10(2)17-6-13-8-19(9-18-13)7-11-5-12(15)3-4-14(11)16/h3-5,8-10,17H,6-7H2,1-2H3. The van der Waals surface area contributed by atoms with Crippen LogP contribution in [0.15, 0.2) is 30.7 Å². The number of nitrogens with one attached hydrogen (secondary N) is 1. The van der Waals surface area contributed by atoms with Crippen LogP contribution >= 0.6 is 23.2 Å². The van der Waals surface area contributed by atoms with Crippen molar-refractivity contribution >= 4 is 23.2 Å². The fourth-order valence-electron chi connectivity index (χ4n) is 1.75. The maximum atomic E-state index is 6.15. The maximum Gasteiger partial charge on any atom is 0.0953 e. The molecule has 0 atom stereocenters. The van der Waals surface area contributed by atoms with Crippen molar-refractivity contribution < 1.29 is 0 Å². The second kappa shape index (κ2) is 6.42. The lowest BCUT2D eigenvalue weighted by atomic mass is 10.2. The van der Waals surface area contributed by atoms with Gasteiger partial charge in [-0.1, -0.05) is 37.0 Å². The van der Waals surface area contributed by atoms with E-state index in [9.17, 15) is 0 Å². The number of imidazole rings is 1. The topological polar surface area (TPSA) is 29.9 Å². The molecule has 0 amide bonds. The third-order valence-electron chi connectivity index (χ3n) is 2.74. The molecule has 0 fully saturated rings. The van der Waals surface area contributed by atoms with Gasteiger partial charge >= 0.3 is 0 Å². The van der Waals surface area contributed by atoms with Gasteiger partial charge in [-0.2, -0.15) is 0 Å². The minimum Gasteiger partial charge on any atom is -0.333 e. The first kappa shape index (κ1) is 14.4. The van der Waals surface area contributed by atoms with Crippen molar-refractivity contribution in [2.75, 3.05) is 0 Å². The molecule has 1 aromatic heterocycles. The number of hydrogen-bond donors (Lipinski definition) is 1. The first-order valence-corrected chi connectivity index (χ1v) is 6.98. The fourth-order valence-corrected chi connectivity index (χ4v) is 2.13. The normalized spacial score (nSPS) is 11.2. The SMILES string of the molecule is CC(C)NCc1cn(Cc2cc(Cl)ccc2Cl)cn1. The van der Waals surface area contributed by atoms with Crippen molar-refractivity contribution in [1.82, 2.24) is 14.9 Å². The van der Waals surface area contributed by atoms with E-state index in [-0.39, 0.29) is 0 Å². The molecule has 1 N–H and O–H groups in total. The van der Waals surface area contributed by atoms with Gasteiger partial charge in [0.2, 0.25) is 0 Å². The summed E-state index contributed by atoms with van der Waals surface area (Å²) in [4.78, 5) is 4.36. The van der Waals surface area contributed by atoms with Crippen molar-refractivity contribution in [2.45, 2.75) is 33.0 Å². The summed E-state index contributed by atoms with van der Waals surface area (Å²) < 4.78 is 2.01. The average molecular weight is 298 g/mol. The van der Waals surface area contributed by atoms with Crippen LogP contribution in [-0.2, 0) is 13.1 Å². The summed E-state index contributed by atoms with van der Waals surface area (Å²) in [6, 6.07) is 5.94. The molecule has 0 bridgehead atoms. The summed E-state index contributed by atoms with van der Waals surface area (Å²) in [5, 5.41) is 4.75. The molecule has 102 valence electrons. The van der Waals surface area contributed by atoms with Crippen LogP contribution in [0.5, 0.6) is 0 Å². The smallest absolute Gasteiger partial charge is 0.0953 e. The zero-order valence-electron chi connectivity index (χ0n) is 11.0. The predicted octanol–water partition coefficient (Wildman–Crippen LogP) is 3.74. The Morgan fingerprint density at radius 3 is 2.84 bits per heavy atom. The maximum absolute atomic E-state index is 6.15. The summed E-state index contributed by atoms with van der Waals surface area (Å²) in [5.41, 5.74) is 2.02. The number of hydrogen-bond acceptors (Lipinski definition) is 2. The lowest BCUT2D eigenvalue weighted by Crippen LogP contribution is -2.21. The Morgan fingerprint density at radius 1 is 1.32 bits per heavy atom. The molecule has 0 unspecified atom stereocenters. The van der Waals surface area contributed by atoms with Crippen molar-refractivity contribution in [3.8, 4) is 0 Å². The first-order valence-electron chi connectivity index (χ1n) is 6.22. The molecule has 5 heteroatoms. The number of nitrogens with zero attached hydrogens (tertiary/aromatic N) is 2. The molecule has 0 aliphatic carbocycles. The summed E-state index contributed by atoms with van der Waals surface area (Å²) in [7, 11) is 0. The minimum absolute atomic E-state index is 0.451. The number of aromatic nitrogens is 2. The Bertz CT molecular complexity index is 549. The highest BCUT2D eigenvalue weighted by Gasteiger charge is 2.04. The Labute approximate surface area is 123 Å². The molecule has 1 heterocycles. The van der Waals surface area contributed by atoms with Crippen LogP contribution in [0.25, 0.3) is 0 Å². The van der Waals surface area contributed by atoms with Gasteiger partial charge in [-0.25, -0.2) is 4.98 Å². The molecule has 0 radical (unpaired) electrons. The Kier molecular flexibility index (Phi) is 4.86. The van der Waals surface area contributed by atoms with E-state index in [2.05, 4.69) is 24.1 Å². The van der Waals surface area contributed by atoms with Crippen LogP contribution in [0.2, 0.25) is 10.0 Å². The van der Waals surface area contributed by atoms with Gasteiger partial charge in [0.05, 0.1) is 18.6 Å². The summed E-state index contributed by atoms with van der Waals surface area (Å²) >= 11 is 12.1. The molecule has 2 aromatic rings. The van der Waals surface area contributed by atoms with Crippen LogP contribution in [0, 0.1) is 0 Å². The van der Waals surface area contributed by atoms with E-state index in [1.165, 1.54) is 0 Å². The molecule has 0 aliphatic heterocycles. The average Bonchev–Trinajstić information content (AvgIpc) is 2.79. The highest BCUT2D eigenvalue weighted by Crippen LogP contribution is 2.21. The van der Waals surface area contributed by atoms with Crippen molar-refractivity contribution in [3.05, 3.63) is 52.0 Å². The van der Waals surface area contributed by atoms with Crippen LogP contribution in [0.4, 0.5) is 0 Å². The van der Waals surface area contributed by atoms with E-state index >= 15 is 0 Å². The van der Waals surface area contributed by atoms with E-state index in [1.54, 1.807) is 6.07 Å². The van der Waals surface area contributed by atoms with Gasteiger partial charge in [0.1, 0.15) is 0 Å². The molecular weight excluding hydrogens is 281 g/mol. The first-order chi connectivity index (χ1) is 9.04. The van der Waals surface area contributed by atoms with Crippen molar-refractivity contribution in [1.29, 1.82) is 0 Å². The van der Waals surface area contributed by atoms with E-state index in [0.29, 0.717) is 17.6 Å². The second-order valence-electron chi connectivity index (χ2n) is 4.81. The zero-order chi connectivity index (χ0) is 13.8. The van der Waals surface area contributed by atoms with Crippen LogP contribution in [0.1, 0.15) is 25.1 Å². The quantitative estimate of drug-likeness (QED) is 0.911. The van der Waals surface area contributed by atoms with E-state index in [0.717, 1.165) is 22.8 Å². The lowest BCUT2D eigenvalue weighted by molar-refractivity contribution is 0.582. The van der Waals surface area contributed by atoms with Crippen molar-refractivity contribution in [3.63, 3.8) is 0 Å². The number of halogens is 2. The Balaban J connectivity index is 2.05. The van der Waals surface area contributed by atoms with Gasteiger partial charge in [-0.3, -0.25) is 0 Å². The molecule has 0 saturated heterocycles. The van der Waals surface area contributed by atoms with Gasteiger partial charge in [0.15, 0.2) is 0 Å². The third kappa shape index (κ3) is 4.23. The molecule has 0 spiro atoms. The van der Waals surface area contributed by atoms with Crippen LogP contribution in [-0.4, -0.2) is 15.6 Å². The van der Waals surface area contributed by atoms with Gasteiger partial charge in [0.25, 0.3) is 0 Å². The molecule has 0 aliphatic rings. The largest absolute Gasteiger partial charge is 0.333 e. The lowest BCUT2D eigenvalue weighted by Gasteiger charge is -2.06. The third-order valence-corrected chi connectivity index (χ3v) is 3.34. The second-order valence-corrected chi connectivity index (χ2v) is 5.65. The molecule has 2 rings (SSSR count). The fraction of sp³-hybridized carbons (Fsp3) is 0.357. The summed E-state index contributed by atoms with van der Waals surface area (Å²) in [5.74, 6) is 0. The van der Waals surface area contributed by atoms with E-state index in [4.69, 9.17) is 23.2 Å². The molecule has 1 aromatic carbocycles. The monoisotopic (exact) mass is 297 g/mol. The van der Waals surface area contributed by atoms with Gasteiger partial charge in [-0.15, -0.1) is 0 Å². The minimum atomic E-state index is 0.451. The highest BCUT2D eigenvalue weighted by molar-refractivity contribution is 6.33. The van der Waals surface area contributed by atoms with Gasteiger partial charge in [-0.05, 0) is 23.8 Å². The number of rotatable bonds is 5. The number of benzene rings is 1. The zero-order valence-corrected chi connectivity index (χ0v) is 12.5. The summed E-state index contributed by atoms with van der Waals surface area (Å²) in [6.45, 7) is 5.67. The molecule has 3 nitrogen and oxygen atoms in total. The molecular formula is C14H17Cl2N3. The molecule has 0 saturated carbocycles. The van der Waals surface area contributed by atoms with Crippen molar-refractivity contribution in [2.24, 2.45) is 0 Å². The Hall–Kier alpha value is -1.03. The highest BCUT2D eigenvalue weighted by atomic mass is 35.5. The van der Waals surface area contributed by atoms with Gasteiger partial charge in [0, 0.05) is 28.8 Å². The summed E-state index contributed by atoms with van der Waals surface area (Å²) in [6.07, 6.45) is 3.83. The predicted molar refractivity (Wildman–Crippen MR) is 79.8 cm³/mol. The van der Waals surface area contributed by atoms with E-state index < -0.39 is 0 Å². The van der Waals surface area contributed by atoms with Crippen LogP contribution in [0.3, 0.4) is 0 Å². The van der Waals surface area contributed by atoms with Crippen LogP contribution < -0.4 is 5.32 Å².